The molecule has 0 radical (unpaired) electrons. The minimum absolute atomic E-state index is 0.0617. The highest BCUT2D eigenvalue weighted by Crippen LogP contribution is 2.15. The van der Waals surface area contributed by atoms with Crippen molar-refractivity contribution in [3.8, 4) is 0 Å². The number of esters is 3. The van der Waals surface area contributed by atoms with Gasteiger partial charge in [-0.05, 0) is 51.8 Å². The van der Waals surface area contributed by atoms with Crippen LogP contribution in [0.4, 0.5) is 0 Å². The highest BCUT2D eigenvalue weighted by atomic mass is 127. The van der Waals surface area contributed by atoms with Gasteiger partial charge in [-0.25, -0.2) is 9.59 Å². The highest BCUT2D eigenvalue weighted by Gasteiger charge is 2.29. The zero-order valence-electron chi connectivity index (χ0n) is 18.2. The SMILES string of the molecule is CC[C@H](C)[C@H](N)C(=O)OC(Cc1ccc(C(=O)OCI)cc1)C(=O)OCc1ccccc1. The van der Waals surface area contributed by atoms with Crippen molar-refractivity contribution in [1.29, 1.82) is 0 Å². The van der Waals surface area contributed by atoms with E-state index in [1.807, 2.05) is 66.8 Å². The minimum atomic E-state index is -1.16. The molecule has 7 nitrogen and oxygen atoms in total. The van der Waals surface area contributed by atoms with Crippen molar-refractivity contribution >= 4 is 40.5 Å². The van der Waals surface area contributed by atoms with Gasteiger partial charge in [0, 0.05) is 6.42 Å². The molecular weight excluding hydrogens is 525 g/mol. The van der Waals surface area contributed by atoms with Crippen LogP contribution in [0.1, 0.15) is 41.8 Å². The van der Waals surface area contributed by atoms with Crippen molar-refractivity contribution in [2.24, 2.45) is 11.7 Å². The van der Waals surface area contributed by atoms with Gasteiger partial charge in [0.25, 0.3) is 0 Å². The van der Waals surface area contributed by atoms with Crippen molar-refractivity contribution in [2.75, 3.05) is 4.61 Å². The quantitative estimate of drug-likeness (QED) is 0.195. The molecular formula is C24H28INO6. The fourth-order valence-corrected chi connectivity index (χ4v) is 3.11. The van der Waals surface area contributed by atoms with Crippen molar-refractivity contribution in [1.82, 2.24) is 0 Å². The lowest BCUT2D eigenvalue weighted by Gasteiger charge is -2.22. The Bertz CT molecular complexity index is 887. The molecule has 2 N–H and O–H groups in total. The van der Waals surface area contributed by atoms with Gasteiger partial charge in [-0.3, -0.25) is 4.79 Å². The highest BCUT2D eigenvalue weighted by molar-refractivity contribution is 14.1. The number of carbonyl (C=O) groups excluding carboxylic acids is 3. The van der Waals surface area contributed by atoms with Gasteiger partial charge in [0.15, 0.2) is 0 Å². The van der Waals surface area contributed by atoms with Gasteiger partial charge in [0.2, 0.25) is 6.10 Å². The monoisotopic (exact) mass is 553 g/mol. The molecule has 0 fully saturated rings. The summed E-state index contributed by atoms with van der Waals surface area (Å²) in [5.41, 5.74) is 7.89. The van der Waals surface area contributed by atoms with Gasteiger partial charge >= 0.3 is 17.9 Å². The molecule has 0 spiro atoms. The number of carbonyl (C=O) groups is 3. The minimum Gasteiger partial charge on any atom is -0.458 e. The first-order valence-corrected chi connectivity index (χ1v) is 11.9. The third-order valence-corrected chi connectivity index (χ3v) is 5.38. The van der Waals surface area contributed by atoms with E-state index in [1.54, 1.807) is 24.3 Å². The first kappa shape index (κ1) is 25.8. The number of benzene rings is 2. The largest absolute Gasteiger partial charge is 0.458 e. The van der Waals surface area contributed by atoms with Crippen LogP contribution in [0.15, 0.2) is 54.6 Å². The second-order valence-corrected chi connectivity index (χ2v) is 7.99. The van der Waals surface area contributed by atoms with Crippen molar-refractivity contribution in [3.63, 3.8) is 0 Å². The second-order valence-electron chi connectivity index (χ2n) is 7.37. The van der Waals surface area contributed by atoms with Crippen LogP contribution in [0.2, 0.25) is 0 Å². The summed E-state index contributed by atoms with van der Waals surface area (Å²) >= 11 is 1.94. The van der Waals surface area contributed by atoms with Gasteiger partial charge in [0.05, 0.1) is 5.56 Å². The molecule has 0 aliphatic rings. The Morgan fingerprint density at radius 3 is 2.19 bits per heavy atom. The fraction of sp³-hybridized carbons (Fsp3) is 0.375. The number of halogens is 1. The van der Waals surface area contributed by atoms with Crippen molar-refractivity contribution in [3.05, 3.63) is 71.3 Å². The van der Waals surface area contributed by atoms with E-state index < -0.39 is 30.1 Å². The lowest BCUT2D eigenvalue weighted by molar-refractivity contribution is -0.170. The summed E-state index contributed by atoms with van der Waals surface area (Å²) in [7, 11) is 0. The topological polar surface area (TPSA) is 105 Å². The third-order valence-electron chi connectivity index (χ3n) is 5.07. The van der Waals surface area contributed by atoms with E-state index >= 15 is 0 Å². The summed E-state index contributed by atoms with van der Waals surface area (Å²) in [6.45, 7) is 3.84. The van der Waals surface area contributed by atoms with E-state index in [2.05, 4.69) is 0 Å². The zero-order valence-corrected chi connectivity index (χ0v) is 20.3. The van der Waals surface area contributed by atoms with Crippen molar-refractivity contribution < 1.29 is 28.6 Å². The van der Waals surface area contributed by atoms with Crippen LogP contribution < -0.4 is 5.73 Å². The van der Waals surface area contributed by atoms with E-state index in [4.69, 9.17) is 19.9 Å². The van der Waals surface area contributed by atoms with E-state index in [0.717, 1.165) is 5.56 Å². The molecule has 0 amide bonds. The molecule has 32 heavy (non-hydrogen) atoms. The molecule has 2 rings (SSSR count). The van der Waals surface area contributed by atoms with E-state index in [1.165, 1.54) is 0 Å². The van der Waals surface area contributed by atoms with Gasteiger partial charge in [-0.2, -0.15) is 0 Å². The maximum atomic E-state index is 12.8. The lowest BCUT2D eigenvalue weighted by atomic mass is 10.00. The van der Waals surface area contributed by atoms with Crippen LogP contribution in [0.25, 0.3) is 0 Å². The zero-order chi connectivity index (χ0) is 23.5. The molecule has 172 valence electrons. The summed E-state index contributed by atoms with van der Waals surface area (Å²) in [5, 5.41) is 0. The Kier molecular flexibility index (Phi) is 10.6. The van der Waals surface area contributed by atoms with Gasteiger partial charge in [0.1, 0.15) is 17.3 Å². The molecule has 8 heteroatoms. The van der Waals surface area contributed by atoms with E-state index in [9.17, 15) is 14.4 Å². The molecule has 0 saturated carbocycles. The van der Waals surface area contributed by atoms with Crippen LogP contribution in [-0.4, -0.2) is 34.7 Å². The molecule has 1 unspecified atom stereocenters. The number of hydrogen-bond acceptors (Lipinski definition) is 7. The first-order valence-electron chi connectivity index (χ1n) is 10.3. The van der Waals surface area contributed by atoms with Gasteiger partial charge in [-0.1, -0.05) is 62.7 Å². The fourth-order valence-electron chi connectivity index (χ4n) is 2.82. The van der Waals surface area contributed by atoms with E-state index in [0.29, 0.717) is 17.5 Å². The Hall–Kier alpha value is -2.46. The van der Waals surface area contributed by atoms with E-state index in [-0.39, 0.29) is 23.6 Å². The smallest absolute Gasteiger partial charge is 0.348 e. The number of ether oxygens (including phenoxy) is 3. The summed E-state index contributed by atoms with van der Waals surface area (Å²) in [6, 6.07) is 15.0. The Balaban J connectivity index is 2.12. The maximum absolute atomic E-state index is 12.8. The molecule has 0 heterocycles. The lowest BCUT2D eigenvalue weighted by Crippen LogP contribution is -2.42. The maximum Gasteiger partial charge on any atom is 0.348 e. The number of rotatable bonds is 11. The first-order chi connectivity index (χ1) is 15.3. The van der Waals surface area contributed by atoms with Crippen LogP contribution in [0.3, 0.4) is 0 Å². The molecule has 0 aliphatic carbocycles. The number of hydrogen-bond donors (Lipinski definition) is 1. The second kappa shape index (κ2) is 13.2. The molecule has 3 atom stereocenters. The Labute approximate surface area is 201 Å². The summed E-state index contributed by atoms with van der Waals surface area (Å²) in [5.74, 6) is -1.84. The predicted octanol–water partition coefficient (Wildman–Crippen LogP) is 3.81. The normalized spacial score (nSPS) is 13.5. The summed E-state index contributed by atoms with van der Waals surface area (Å²) in [6.07, 6.45) is -0.365. The van der Waals surface area contributed by atoms with Crippen LogP contribution in [-0.2, 0) is 36.8 Å². The predicted molar refractivity (Wildman–Crippen MR) is 128 cm³/mol. The van der Waals surface area contributed by atoms with Gasteiger partial charge < -0.3 is 19.9 Å². The van der Waals surface area contributed by atoms with Gasteiger partial charge in [-0.15, -0.1) is 0 Å². The Morgan fingerprint density at radius 2 is 1.59 bits per heavy atom. The Morgan fingerprint density at radius 1 is 0.938 bits per heavy atom. The molecule has 0 aromatic heterocycles. The molecule has 0 bridgehead atoms. The van der Waals surface area contributed by atoms with Crippen LogP contribution in [0.5, 0.6) is 0 Å². The number of nitrogens with two attached hydrogens (primary N) is 1. The average Bonchev–Trinajstić information content (AvgIpc) is 2.82. The number of alkyl halides is 1. The molecule has 0 aliphatic heterocycles. The standard InChI is InChI=1S/C24H28INO6/c1-3-16(2)21(26)24(29)32-20(23(28)30-14-18-7-5-4-6-8-18)13-17-9-11-19(12-10-17)22(27)31-15-25/h4-12,16,20-21H,3,13-15,26H2,1-2H3/t16-,20?,21-/m0/s1. The summed E-state index contributed by atoms with van der Waals surface area (Å²) in [4.78, 5) is 37.1. The van der Waals surface area contributed by atoms with Crippen LogP contribution >= 0.6 is 22.6 Å². The van der Waals surface area contributed by atoms with Crippen LogP contribution in [0, 0.1) is 5.92 Å². The molecule has 0 saturated heterocycles. The average molecular weight is 553 g/mol. The molecule has 2 aromatic rings. The third kappa shape index (κ3) is 7.90. The summed E-state index contributed by atoms with van der Waals surface area (Å²) < 4.78 is 16.1. The van der Waals surface area contributed by atoms with Crippen molar-refractivity contribution in [2.45, 2.75) is 45.4 Å². The molecule has 2 aromatic carbocycles.